The van der Waals surface area contributed by atoms with Gasteiger partial charge in [0.05, 0.1) is 0 Å². The molecule has 1 unspecified atom stereocenters. The third-order valence-corrected chi connectivity index (χ3v) is 4.75. The van der Waals surface area contributed by atoms with Crippen LogP contribution in [0.4, 0.5) is 5.95 Å². The van der Waals surface area contributed by atoms with Crippen LogP contribution in [-0.2, 0) is 12.8 Å². The Morgan fingerprint density at radius 3 is 2.43 bits per heavy atom. The van der Waals surface area contributed by atoms with Gasteiger partial charge in [0.1, 0.15) is 5.75 Å². The number of rotatable bonds is 8. The molecule has 6 nitrogen and oxygen atoms in total. The molecular weight excluding hydrogens is 352 g/mol. The van der Waals surface area contributed by atoms with E-state index >= 15 is 0 Å². The number of hydrogen-bond donors (Lipinski definition) is 3. The lowest BCUT2D eigenvalue weighted by atomic mass is 10.1. The van der Waals surface area contributed by atoms with Gasteiger partial charge in [-0.05, 0) is 43.8 Å². The lowest BCUT2D eigenvalue weighted by molar-refractivity contribution is 0.303. The van der Waals surface area contributed by atoms with Crippen LogP contribution in [0.3, 0.4) is 0 Å². The first kappa shape index (κ1) is 19.6. The van der Waals surface area contributed by atoms with Crippen LogP contribution in [0.15, 0.2) is 65.6 Å². The van der Waals surface area contributed by atoms with Gasteiger partial charge in [-0.25, -0.2) is 0 Å². The number of hydrogen-bond acceptors (Lipinski definition) is 5. The minimum Gasteiger partial charge on any atom is -0.508 e. The molecule has 3 N–H and O–H groups in total. The van der Waals surface area contributed by atoms with Crippen molar-refractivity contribution in [3.8, 4) is 5.75 Å². The number of benzene rings is 2. The summed E-state index contributed by atoms with van der Waals surface area (Å²) in [5.74, 6) is 0.736. The quantitative estimate of drug-likeness (QED) is 0.561. The maximum atomic E-state index is 12.3. The van der Waals surface area contributed by atoms with E-state index < -0.39 is 0 Å². The molecule has 0 radical (unpaired) electrons. The summed E-state index contributed by atoms with van der Waals surface area (Å²) in [4.78, 5) is 21.7. The first-order valence-electron chi connectivity index (χ1n) is 9.32. The lowest BCUT2D eigenvalue weighted by Crippen LogP contribution is -2.37. The molecule has 3 rings (SSSR count). The summed E-state index contributed by atoms with van der Waals surface area (Å²) in [5.41, 5.74) is 2.64. The number of aromatic nitrogens is 2. The zero-order valence-corrected chi connectivity index (χ0v) is 16.2. The van der Waals surface area contributed by atoms with Crippen molar-refractivity contribution in [2.45, 2.75) is 18.9 Å². The van der Waals surface area contributed by atoms with Crippen molar-refractivity contribution in [3.63, 3.8) is 0 Å². The second-order valence-electron chi connectivity index (χ2n) is 7.11. The summed E-state index contributed by atoms with van der Waals surface area (Å²) in [6.07, 6.45) is 3.11. The van der Waals surface area contributed by atoms with Crippen molar-refractivity contribution in [3.05, 3.63) is 87.8 Å². The standard InChI is InChI=1S/C22H26N4O2/c1-26(2)19(13-17-8-10-20(27)11-9-17)15-24-22-23-14-18(21(28)25-22)12-16-6-4-3-5-7-16/h3-11,14,19,27H,12-13,15H2,1-2H3,(H2,23,24,25,28). The molecule has 0 saturated heterocycles. The van der Waals surface area contributed by atoms with Gasteiger partial charge in [0.15, 0.2) is 0 Å². The Morgan fingerprint density at radius 1 is 1.07 bits per heavy atom. The van der Waals surface area contributed by atoms with Gasteiger partial charge < -0.3 is 20.3 Å². The number of nitrogens with one attached hydrogen (secondary N) is 2. The number of aromatic amines is 1. The van der Waals surface area contributed by atoms with Crippen molar-refractivity contribution >= 4 is 5.95 Å². The van der Waals surface area contributed by atoms with Gasteiger partial charge in [0.2, 0.25) is 5.95 Å². The van der Waals surface area contributed by atoms with Crippen molar-refractivity contribution in [2.24, 2.45) is 0 Å². The number of likely N-dealkylation sites (N-methyl/N-ethyl adjacent to an activating group) is 1. The van der Waals surface area contributed by atoms with Crippen LogP contribution >= 0.6 is 0 Å². The Kier molecular flexibility index (Phi) is 6.45. The molecule has 0 fully saturated rings. The average molecular weight is 378 g/mol. The number of nitrogens with zero attached hydrogens (tertiary/aromatic N) is 2. The molecule has 3 aromatic rings. The molecule has 0 aliphatic carbocycles. The fourth-order valence-electron chi connectivity index (χ4n) is 3.01. The maximum absolute atomic E-state index is 12.3. The predicted octanol–water partition coefficient (Wildman–Crippen LogP) is 2.65. The maximum Gasteiger partial charge on any atom is 0.277 e. The highest BCUT2D eigenvalue weighted by molar-refractivity contribution is 5.30. The summed E-state index contributed by atoms with van der Waals surface area (Å²) in [6.45, 7) is 0.634. The first-order chi connectivity index (χ1) is 13.5. The molecule has 0 aliphatic heterocycles. The van der Waals surface area contributed by atoms with Crippen LogP contribution in [0.5, 0.6) is 5.75 Å². The van der Waals surface area contributed by atoms with E-state index in [9.17, 15) is 9.90 Å². The zero-order valence-electron chi connectivity index (χ0n) is 16.2. The fraction of sp³-hybridized carbons (Fsp3) is 0.273. The smallest absolute Gasteiger partial charge is 0.277 e. The minimum absolute atomic E-state index is 0.207. The van der Waals surface area contributed by atoms with E-state index in [1.807, 2.05) is 56.6 Å². The van der Waals surface area contributed by atoms with Crippen LogP contribution in [0.2, 0.25) is 0 Å². The second-order valence-corrected chi connectivity index (χ2v) is 7.11. The minimum atomic E-state index is -0.218. The molecule has 146 valence electrons. The molecule has 1 atom stereocenters. The van der Waals surface area contributed by atoms with Crippen molar-refractivity contribution in [2.75, 3.05) is 26.0 Å². The van der Waals surface area contributed by atoms with Crippen molar-refractivity contribution < 1.29 is 5.11 Å². The van der Waals surface area contributed by atoms with Crippen LogP contribution in [0, 0.1) is 0 Å². The van der Waals surface area contributed by atoms with Gasteiger partial charge in [-0.3, -0.25) is 4.79 Å². The molecule has 1 heterocycles. The normalized spacial score (nSPS) is 12.1. The third kappa shape index (κ3) is 5.44. The second kappa shape index (κ2) is 9.19. The van der Waals surface area contributed by atoms with Crippen LogP contribution in [-0.4, -0.2) is 46.7 Å². The van der Waals surface area contributed by atoms with Gasteiger partial charge in [-0.15, -0.1) is 0 Å². The van der Waals surface area contributed by atoms with Gasteiger partial charge >= 0.3 is 0 Å². The fourth-order valence-corrected chi connectivity index (χ4v) is 3.01. The van der Waals surface area contributed by atoms with E-state index in [2.05, 4.69) is 20.2 Å². The summed E-state index contributed by atoms with van der Waals surface area (Å²) >= 11 is 0. The van der Waals surface area contributed by atoms with Crippen molar-refractivity contribution in [1.29, 1.82) is 0 Å². The van der Waals surface area contributed by atoms with Crippen LogP contribution in [0.1, 0.15) is 16.7 Å². The van der Waals surface area contributed by atoms with Gasteiger partial charge in [-0.2, -0.15) is 4.98 Å². The highest BCUT2D eigenvalue weighted by atomic mass is 16.3. The first-order valence-corrected chi connectivity index (χ1v) is 9.32. The Bertz CT molecular complexity index is 937. The van der Waals surface area contributed by atoms with Crippen molar-refractivity contribution in [1.82, 2.24) is 14.9 Å². The zero-order chi connectivity index (χ0) is 19.9. The Labute approximate surface area is 164 Å². The molecule has 28 heavy (non-hydrogen) atoms. The Balaban J connectivity index is 1.62. The van der Waals surface area contributed by atoms with Gasteiger partial charge in [-0.1, -0.05) is 42.5 Å². The molecule has 0 amide bonds. The van der Waals surface area contributed by atoms with E-state index in [1.165, 1.54) is 0 Å². The molecule has 0 aliphatic rings. The molecule has 0 spiro atoms. The monoisotopic (exact) mass is 378 g/mol. The molecular formula is C22H26N4O2. The summed E-state index contributed by atoms with van der Waals surface area (Å²) < 4.78 is 0. The molecule has 1 aromatic heterocycles. The topological polar surface area (TPSA) is 81.2 Å². The third-order valence-electron chi connectivity index (χ3n) is 4.75. The number of H-pyrrole nitrogens is 1. The predicted molar refractivity (Wildman–Crippen MR) is 112 cm³/mol. The average Bonchev–Trinajstić information content (AvgIpc) is 2.69. The van der Waals surface area contributed by atoms with E-state index in [-0.39, 0.29) is 17.4 Å². The van der Waals surface area contributed by atoms with Crippen LogP contribution in [0.25, 0.3) is 0 Å². The number of phenolic OH excluding ortho intramolecular Hbond substituents is 1. The SMILES string of the molecule is CN(C)C(CNc1nc(=O)c(Cc2ccccc2)c[nH]1)Cc1ccc(O)cc1. The largest absolute Gasteiger partial charge is 0.508 e. The van der Waals surface area contributed by atoms with Gasteiger partial charge in [0.25, 0.3) is 5.56 Å². The molecule has 2 aromatic carbocycles. The summed E-state index contributed by atoms with van der Waals surface area (Å²) in [6, 6.07) is 17.3. The van der Waals surface area contributed by atoms with Gasteiger partial charge in [0, 0.05) is 30.8 Å². The molecule has 0 bridgehead atoms. The summed E-state index contributed by atoms with van der Waals surface area (Å²) in [7, 11) is 4.04. The van der Waals surface area contributed by atoms with E-state index in [4.69, 9.17) is 0 Å². The van der Waals surface area contributed by atoms with E-state index in [1.54, 1.807) is 18.3 Å². The number of aromatic hydroxyl groups is 1. The van der Waals surface area contributed by atoms with E-state index in [0.717, 1.165) is 17.5 Å². The highest BCUT2D eigenvalue weighted by Crippen LogP contribution is 2.13. The molecule has 0 saturated carbocycles. The number of anilines is 1. The Morgan fingerprint density at radius 2 is 1.79 bits per heavy atom. The van der Waals surface area contributed by atoms with Crippen LogP contribution < -0.4 is 10.9 Å². The summed E-state index contributed by atoms with van der Waals surface area (Å²) in [5, 5.41) is 12.7. The number of phenols is 1. The van der Waals surface area contributed by atoms with E-state index in [0.29, 0.717) is 24.5 Å². The molecule has 6 heteroatoms. The highest BCUT2D eigenvalue weighted by Gasteiger charge is 2.13. The lowest BCUT2D eigenvalue weighted by Gasteiger charge is -2.25. The Hall–Kier alpha value is -3.12.